The van der Waals surface area contributed by atoms with Crippen LogP contribution in [-0.2, 0) is 0 Å². The Kier molecular flexibility index (Phi) is 4.66. The number of rotatable bonds is 4. The summed E-state index contributed by atoms with van der Waals surface area (Å²) in [5.74, 6) is 1.85. The fourth-order valence-corrected chi connectivity index (χ4v) is 3.57. The summed E-state index contributed by atoms with van der Waals surface area (Å²) < 4.78 is 0. The Morgan fingerprint density at radius 3 is 2.81 bits per heavy atom. The summed E-state index contributed by atoms with van der Waals surface area (Å²) >= 11 is 0. The lowest BCUT2D eigenvalue weighted by Gasteiger charge is -2.34. The second-order valence-corrected chi connectivity index (χ2v) is 5.86. The summed E-state index contributed by atoms with van der Waals surface area (Å²) in [6.45, 7) is 9.82. The second-order valence-electron chi connectivity index (χ2n) is 5.86. The smallest absolute Gasteiger partial charge is 0.0107 e. The first-order valence-electron chi connectivity index (χ1n) is 7.25. The molecule has 0 spiro atoms. The van der Waals surface area contributed by atoms with E-state index in [-0.39, 0.29) is 0 Å². The first-order valence-corrected chi connectivity index (χ1v) is 7.25. The van der Waals surface area contributed by atoms with Gasteiger partial charge in [0, 0.05) is 19.1 Å². The predicted molar refractivity (Wildman–Crippen MR) is 69.6 cm³/mol. The van der Waals surface area contributed by atoms with Crippen molar-refractivity contribution in [3.63, 3.8) is 0 Å². The van der Waals surface area contributed by atoms with Crippen molar-refractivity contribution in [2.45, 2.75) is 52.0 Å². The highest BCUT2D eigenvalue weighted by molar-refractivity contribution is 4.86. The van der Waals surface area contributed by atoms with Gasteiger partial charge in [-0.2, -0.15) is 0 Å². The summed E-state index contributed by atoms with van der Waals surface area (Å²) in [6, 6.07) is 0.808. The van der Waals surface area contributed by atoms with E-state index < -0.39 is 0 Å². The maximum atomic E-state index is 3.67. The number of nitrogens with zero attached hydrogens (tertiary/aromatic N) is 1. The highest BCUT2D eigenvalue weighted by atomic mass is 15.1. The largest absolute Gasteiger partial charge is 0.314 e. The minimum atomic E-state index is 0.808. The first kappa shape index (κ1) is 12.4. The Morgan fingerprint density at radius 2 is 2.06 bits per heavy atom. The molecule has 2 aliphatic rings. The van der Waals surface area contributed by atoms with Gasteiger partial charge in [0.05, 0.1) is 0 Å². The average Bonchev–Trinajstić information content (AvgIpc) is 2.66. The Bertz CT molecular complexity index is 205. The highest BCUT2D eigenvalue weighted by Crippen LogP contribution is 2.28. The third-order valence-electron chi connectivity index (χ3n) is 4.36. The molecule has 0 bridgehead atoms. The topological polar surface area (TPSA) is 15.3 Å². The van der Waals surface area contributed by atoms with E-state index in [1.807, 2.05) is 0 Å². The van der Waals surface area contributed by atoms with Gasteiger partial charge in [0.1, 0.15) is 0 Å². The van der Waals surface area contributed by atoms with Crippen LogP contribution in [0.25, 0.3) is 0 Å². The maximum absolute atomic E-state index is 3.67. The van der Waals surface area contributed by atoms with Gasteiger partial charge in [-0.05, 0) is 50.6 Å². The molecule has 0 radical (unpaired) electrons. The van der Waals surface area contributed by atoms with Crippen molar-refractivity contribution in [1.82, 2.24) is 10.2 Å². The molecule has 1 saturated heterocycles. The van der Waals surface area contributed by atoms with Crippen molar-refractivity contribution in [3.05, 3.63) is 0 Å². The molecule has 0 aromatic carbocycles. The molecule has 3 atom stereocenters. The molecule has 2 heteroatoms. The minimum absolute atomic E-state index is 0.808. The number of piperidine rings is 1. The lowest BCUT2D eigenvalue weighted by Crippen LogP contribution is -2.42. The van der Waals surface area contributed by atoms with E-state index in [1.165, 1.54) is 51.7 Å². The van der Waals surface area contributed by atoms with E-state index in [0.29, 0.717) is 0 Å². The highest BCUT2D eigenvalue weighted by Gasteiger charge is 2.29. The van der Waals surface area contributed by atoms with E-state index in [4.69, 9.17) is 0 Å². The minimum Gasteiger partial charge on any atom is -0.314 e. The fourth-order valence-electron chi connectivity index (χ4n) is 3.57. The van der Waals surface area contributed by atoms with Crippen molar-refractivity contribution < 1.29 is 0 Å². The Balaban J connectivity index is 1.79. The summed E-state index contributed by atoms with van der Waals surface area (Å²) in [5.41, 5.74) is 0. The third-order valence-corrected chi connectivity index (χ3v) is 4.36. The van der Waals surface area contributed by atoms with Gasteiger partial charge in [0.2, 0.25) is 0 Å². The molecule has 94 valence electrons. The zero-order valence-corrected chi connectivity index (χ0v) is 11.0. The SMILES string of the molecule is CCNC1CCCC1CN1CCCC(C)C1. The van der Waals surface area contributed by atoms with Crippen LogP contribution in [0.15, 0.2) is 0 Å². The molecule has 2 rings (SSSR count). The number of hydrogen-bond acceptors (Lipinski definition) is 2. The van der Waals surface area contributed by atoms with E-state index >= 15 is 0 Å². The van der Waals surface area contributed by atoms with E-state index in [9.17, 15) is 0 Å². The molecule has 16 heavy (non-hydrogen) atoms. The van der Waals surface area contributed by atoms with Crippen molar-refractivity contribution in [3.8, 4) is 0 Å². The van der Waals surface area contributed by atoms with Gasteiger partial charge < -0.3 is 10.2 Å². The zero-order chi connectivity index (χ0) is 11.4. The van der Waals surface area contributed by atoms with Crippen LogP contribution in [0, 0.1) is 11.8 Å². The van der Waals surface area contributed by atoms with Gasteiger partial charge in [0.25, 0.3) is 0 Å². The third kappa shape index (κ3) is 3.21. The molecule has 1 heterocycles. The van der Waals surface area contributed by atoms with Crippen LogP contribution in [0.5, 0.6) is 0 Å². The predicted octanol–water partition coefficient (Wildman–Crippen LogP) is 2.50. The molecule has 1 N–H and O–H groups in total. The van der Waals surface area contributed by atoms with Crippen molar-refractivity contribution in [1.29, 1.82) is 0 Å². The van der Waals surface area contributed by atoms with Crippen LogP contribution in [0.2, 0.25) is 0 Å². The summed E-state index contributed by atoms with van der Waals surface area (Å²) in [4.78, 5) is 2.72. The monoisotopic (exact) mass is 224 g/mol. The lowest BCUT2D eigenvalue weighted by atomic mass is 9.97. The number of likely N-dealkylation sites (tertiary alicyclic amines) is 1. The van der Waals surface area contributed by atoms with Gasteiger partial charge in [-0.15, -0.1) is 0 Å². The van der Waals surface area contributed by atoms with Crippen LogP contribution in [-0.4, -0.2) is 37.1 Å². The molecular weight excluding hydrogens is 196 g/mol. The molecule has 0 aromatic rings. The first-order chi connectivity index (χ1) is 7.79. The van der Waals surface area contributed by atoms with Gasteiger partial charge in [-0.1, -0.05) is 20.3 Å². The molecular formula is C14H28N2. The van der Waals surface area contributed by atoms with Crippen LogP contribution < -0.4 is 5.32 Å². The van der Waals surface area contributed by atoms with Crippen molar-refractivity contribution in [2.75, 3.05) is 26.2 Å². The van der Waals surface area contributed by atoms with Crippen LogP contribution in [0.3, 0.4) is 0 Å². The van der Waals surface area contributed by atoms with E-state index in [2.05, 4.69) is 24.1 Å². The second kappa shape index (κ2) is 6.02. The molecule has 3 unspecified atom stereocenters. The summed E-state index contributed by atoms with van der Waals surface area (Å²) in [5, 5.41) is 3.67. The van der Waals surface area contributed by atoms with Crippen molar-refractivity contribution in [2.24, 2.45) is 11.8 Å². The van der Waals surface area contributed by atoms with Gasteiger partial charge in [-0.3, -0.25) is 0 Å². The zero-order valence-electron chi connectivity index (χ0n) is 11.0. The molecule has 0 aromatic heterocycles. The van der Waals surface area contributed by atoms with Gasteiger partial charge in [0.15, 0.2) is 0 Å². The number of hydrogen-bond donors (Lipinski definition) is 1. The van der Waals surface area contributed by atoms with E-state index in [1.54, 1.807) is 0 Å². The molecule has 1 aliphatic carbocycles. The van der Waals surface area contributed by atoms with Gasteiger partial charge >= 0.3 is 0 Å². The summed E-state index contributed by atoms with van der Waals surface area (Å²) in [6.07, 6.45) is 7.15. The standard InChI is InChI=1S/C14H28N2/c1-3-15-14-8-4-7-13(14)11-16-9-5-6-12(2)10-16/h12-15H,3-11H2,1-2H3. The van der Waals surface area contributed by atoms with Crippen LogP contribution >= 0.6 is 0 Å². The Morgan fingerprint density at radius 1 is 1.19 bits per heavy atom. The van der Waals surface area contributed by atoms with Gasteiger partial charge in [-0.25, -0.2) is 0 Å². The Hall–Kier alpha value is -0.0800. The molecule has 2 fully saturated rings. The Labute approximate surface area is 101 Å². The normalized spacial score (nSPS) is 36.8. The average molecular weight is 224 g/mol. The molecule has 1 aliphatic heterocycles. The molecule has 2 nitrogen and oxygen atoms in total. The van der Waals surface area contributed by atoms with Crippen LogP contribution in [0.4, 0.5) is 0 Å². The quantitative estimate of drug-likeness (QED) is 0.789. The van der Waals surface area contributed by atoms with Crippen LogP contribution in [0.1, 0.15) is 46.0 Å². The molecule has 1 saturated carbocycles. The number of nitrogens with one attached hydrogen (secondary N) is 1. The van der Waals surface area contributed by atoms with Crippen molar-refractivity contribution >= 4 is 0 Å². The fraction of sp³-hybridized carbons (Fsp3) is 1.00. The molecule has 0 amide bonds. The summed E-state index contributed by atoms with van der Waals surface area (Å²) in [7, 11) is 0. The lowest BCUT2D eigenvalue weighted by molar-refractivity contribution is 0.151. The van der Waals surface area contributed by atoms with E-state index in [0.717, 1.165) is 24.4 Å². The maximum Gasteiger partial charge on any atom is 0.0107 e.